The maximum absolute atomic E-state index is 13.3. The first-order valence-electron chi connectivity index (χ1n) is 7.77. The summed E-state index contributed by atoms with van der Waals surface area (Å²) >= 11 is 6.01. The van der Waals surface area contributed by atoms with Crippen LogP contribution in [-0.2, 0) is 14.8 Å². The van der Waals surface area contributed by atoms with Crippen LogP contribution in [0.2, 0.25) is 5.02 Å². The molecule has 144 valence electrons. The number of carbonyl (C=O) groups excluding carboxylic acids is 1. The van der Waals surface area contributed by atoms with E-state index in [4.69, 9.17) is 16.3 Å². The molecule has 0 spiro atoms. The van der Waals surface area contributed by atoms with Gasteiger partial charge in [0.05, 0.1) is 34.2 Å². The normalized spacial score (nSPS) is 15.9. The molecule has 2 aromatic rings. The van der Waals surface area contributed by atoms with Gasteiger partial charge in [0.15, 0.2) is 11.6 Å². The molecule has 3 rings (SSSR count). The van der Waals surface area contributed by atoms with E-state index in [1.807, 2.05) is 0 Å². The van der Waals surface area contributed by atoms with E-state index in [0.29, 0.717) is 0 Å². The molecule has 2 N–H and O–H groups in total. The lowest BCUT2D eigenvalue weighted by Gasteiger charge is -2.38. The minimum absolute atomic E-state index is 0.000444. The summed E-state index contributed by atoms with van der Waals surface area (Å²) in [7, 11) is -3.92. The summed E-state index contributed by atoms with van der Waals surface area (Å²) in [6.07, 6.45) is 0. The summed E-state index contributed by atoms with van der Waals surface area (Å²) in [6.45, 7) is 2.17. The molecule has 1 fully saturated rings. The fourth-order valence-corrected chi connectivity index (χ4v) is 4.08. The van der Waals surface area contributed by atoms with E-state index in [1.54, 1.807) is 6.92 Å². The van der Waals surface area contributed by atoms with Crippen LogP contribution in [0.25, 0.3) is 0 Å². The molecule has 10 heteroatoms. The van der Waals surface area contributed by atoms with Crippen LogP contribution in [-0.4, -0.2) is 33.1 Å². The predicted octanol–water partition coefficient (Wildman–Crippen LogP) is 2.94. The van der Waals surface area contributed by atoms with Gasteiger partial charge in [-0.2, -0.15) is 0 Å². The van der Waals surface area contributed by atoms with Crippen molar-refractivity contribution in [1.82, 2.24) is 4.72 Å². The van der Waals surface area contributed by atoms with Crippen molar-refractivity contribution in [3.05, 3.63) is 58.6 Å². The van der Waals surface area contributed by atoms with Crippen LogP contribution in [0, 0.1) is 11.6 Å². The zero-order valence-corrected chi connectivity index (χ0v) is 15.6. The molecule has 1 saturated heterocycles. The highest BCUT2D eigenvalue weighted by Gasteiger charge is 2.38. The lowest BCUT2D eigenvalue weighted by Crippen LogP contribution is -2.59. The highest BCUT2D eigenvalue weighted by Crippen LogP contribution is 2.25. The molecular weight excluding hydrogens is 402 g/mol. The molecule has 1 amide bonds. The van der Waals surface area contributed by atoms with Crippen molar-refractivity contribution in [2.75, 3.05) is 18.5 Å². The van der Waals surface area contributed by atoms with Crippen LogP contribution in [0.5, 0.6) is 0 Å². The van der Waals surface area contributed by atoms with Crippen molar-refractivity contribution in [3.8, 4) is 0 Å². The zero-order chi connectivity index (χ0) is 19.8. The number of halogens is 3. The second kappa shape index (κ2) is 7.16. The summed E-state index contributed by atoms with van der Waals surface area (Å²) in [5, 5.41) is 2.36. The monoisotopic (exact) mass is 416 g/mol. The molecule has 2 aromatic carbocycles. The molecule has 1 heterocycles. The molecule has 0 atom stereocenters. The van der Waals surface area contributed by atoms with Gasteiger partial charge in [0.25, 0.3) is 5.91 Å². The van der Waals surface area contributed by atoms with E-state index in [-0.39, 0.29) is 34.4 Å². The minimum Gasteiger partial charge on any atom is -0.377 e. The Morgan fingerprint density at radius 2 is 1.85 bits per heavy atom. The standard InChI is InChI=1S/C17H15ClF2N2O4S/c1-17(8-26-9-17)22-27(24,25)11-3-4-13(18)12(7-11)16(23)21-10-2-5-14(19)15(20)6-10/h2-7,22H,8-9H2,1H3,(H,21,23). The second-order valence-corrected chi connectivity index (χ2v) is 8.47. The first-order chi connectivity index (χ1) is 12.6. The summed E-state index contributed by atoms with van der Waals surface area (Å²) in [5.74, 6) is -2.95. The number of anilines is 1. The summed E-state index contributed by atoms with van der Waals surface area (Å²) in [6, 6.07) is 6.49. The molecule has 0 bridgehead atoms. The molecule has 6 nitrogen and oxygen atoms in total. The number of carbonyl (C=O) groups is 1. The van der Waals surface area contributed by atoms with Crippen LogP contribution in [0.3, 0.4) is 0 Å². The van der Waals surface area contributed by atoms with Crippen LogP contribution >= 0.6 is 11.6 Å². The number of hydrogen-bond acceptors (Lipinski definition) is 4. The lowest BCUT2D eigenvalue weighted by molar-refractivity contribution is -0.0523. The first-order valence-corrected chi connectivity index (χ1v) is 9.63. The minimum atomic E-state index is -3.92. The van der Waals surface area contributed by atoms with E-state index in [0.717, 1.165) is 18.2 Å². The van der Waals surface area contributed by atoms with Crippen molar-refractivity contribution in [3.63, 3.8) is 0 Å². The number of hydrogen-bond donors (Lipinski definition) is 2. The molecule has 0 aromatic heterocycles. The fraction of sp³-hybridized carbons (Fsp3) is 0.235. The maximum atomic E-state index is 13.3. The third-order valence-electron chi connectivity index (χ3n) is 3.89. The van der Waals surface area contributed by atoms with E-state index < -0.39 is 33.1 Å². The van der Waals surface area contributed by atoms with Crippen LogP contribution < -0.4 is 10.0 Å². The Bertz CT molecular complexity index is 1010. The SMILES string of the molecule is CC1(NS(=O)(=O)c2ccc(Cl)c(C(=O)Nc3ccc(F)c(F)c3)c2)COC1. The van der Waals surface area contributed by atoms with Gasteiger partial charge in [0.1, 0.15) is 0 Å². The van der Waals surface area contributed by atoms with Gasteiger partial charge in [-0.3, -0.25) is 4.79 Å². The van der Waals surface area contributed by atoms with Gasteiger partial charge in [-0.15, -0.1) is 0 Å². The van der Waals surface area contributed by atoms with Gasteiger partial charge >= 0.3 is 0 Å². The molecule has 0 unspecified atom stereocenters. The van der Waals surface area contributed by atoms with E-state index in [1.165, 1.54) is 18.2 Å². The zero-order valence-electron chi connectivity index (χ0n) is 14.1. The second-order valence-electron chi connectivity index (χ2n) is 6.38. The van der Waals surface area contributed by atoms with Crippen LogP contribution in [0.1, 0.15) is 17.3 Å². The smallest absolute Gasteiger partial charge is 0.257 e. The number of ether oxygens (including phenoxy) is 1. The first kappa shape index (κ1) is 19.7. The third-order valence-corrected chi connectivity index (χ3v) is 5.86. The van der Waals surface area contributed by atoms with E-state index >= 15 is 0 Å². The number of rotatable bonds is 5. The van der Waals surface area contributed by atoms with Gasteiger partial charge in [0, 0.05) is 11.8 Å². The van der Waals surface area contributed by atoms with Crippen molar-refractivity contribution in [1.29, 1.82) is 0 Å². The molecule has 27 heavy (non-hydrogen) atoms. The lowest BCUT2D eigenvalue weighted by atomic mass is 10.0. The summed E-state index contributed by atoms with van der Waals surface area (Å²) in [5.41, 5.74) is -0.841. The molecule has 1 aliphatic heterocycles. The third kappa shape index (κ3) is 4.27. The Labute approximate surface area is 159 Å². The Kier molecular flexibility index (Phi) is 5.22. The average Bonchev–Trinajstić information content (AvgIpc) is 2.56. The Balaban J connectivity index is 1.86. The van der Waals surface area contributed by atoms with Gasteiger partial charge in [0.2, 0.25) is 10.0 Å². The molecular formula is C17H15ClF2N2O4S. The number of nitrogens with one attached hydrogen (secondary N) is 2. The summed E-state index contributed by atoms with van der Waals surface area (Å²) in [4.78, 5) is 12.3. The average molecular weight is 417 g/mol. The highest BCUT2D eigenvalue weighted by molar-refractivity contribution is 7.89. The maximum Gasteiger partial charge on any atom is 0.257 e. The Morgan fingerprint density at radius 1 is 1.15 bits per heavy atom. The number of sulfonamides is 1. The van der Waals surface area contributed by atoms with E-state index in [2.05, 4.69) is 10.0 Å². The van der Waals surface area contributed by atoms with Crippen LogP contribution in [0.15, 0.2) is 41.3 Å². The predicted molar refractivity (Wildman–Crippen MR) is 95.3 cm³/mol. The van der Waals surface area contributed by atoms with Gasteiger partial charge < -0.3 is 10.1 Å². The molecule has 0 radical (unpaired) electrons. The molecule has 0 aliphatic carbocycles. The van der Waals surface area contributed by atoms with Gasteiger partial charge in [-0.1, -0.05) is 11.6 Å². The largest absolute Gasteiger partial charge is 0.377 e. The van der Waals surface area contributed by atoms with Gasteiger partial charge in [-0.05, 0) is 37.3 Å². The summed E-state index contributed by atoms with van der Waals surface area (Å²) < 4.78 is 58.9. The molecule has 1 aliphatic rings. The topological polar surface area (TPSA) is 84.5 Å². The fourth-order valence-electron chi connectivity index (χ4n) is 2.47. The number of benzene rings is 2. The quantitative estimate of drug-likeness (QED) is 0.784. The van der Waals surface area contributed by atoms with Crippen molar-refractivity contribution < 1.29 is 26.7 Å². The molecule has 0 saturated carbocycles. The van der Waals surface area contributed by atoms with E-state index in [9.17, 15) is 22.0 Å². The number of amides is 1. The van der Waals surface area contributed by atoms with Crippen molar-refractivity contribution in [2.24, 2.45) is 0 Å². The highest BCUT2D eigenvalue weighted by atomic mass is 35.5. The Hall–Kier alpha value is -2.07. The van der Waals surface area contributed by atoms with Crippen molar-refractivity contribution in [2.45, 2.75) is 17.4 Å². The van der Waals surface area contributed by atoms with Gasteiger partial charge in [-0.25, -0.2) is 21.9 Å². The Morgan fingerprint density at radius 3 is 2.44 bits per heavy atom. The van der Waals surface area contributed by atoms with Crippen molar-refractivity contribution >= 4 is 33.2 Å². The van der Waals surface area contributed by atoms with Crippen LogP contribution in [0.4, 0.5) is 14.5 Å².